The van der Waals surface area contributed by atoms with Crippen LogP contribution in [0.25, 0.3) is 0 Å². The van der Waals surface area contributed by atoms with Gasteiger partial charge in [0.15, 0.2) is 5.96 Å². The summed E-state index contributed by atoms with van der Waals surface area (Å²) in [5.74, 6) is 3.11. The average molecular weight is 441 g/mol. The molecule has 0 fully saturated rings. The van der Waals surface area contributed by atoms with Crippen molar-refractivity contribution in [2.75, 3.05) is 19.7 Å². The first-order valence-corrected chi connectivity index (χ1v) is 8.13. The second kappa shape index (κ2) is 9.56. The third kappa shape index (κ3) is 4.90. The van der Waals surface area contributed by atoms with Crippen LogP contribution in [0.1, 0.15) is 30.6 Å². The summed E-state index contributed by atoms with van der Waals surface area (Å²) in [5.41, 5.74) is 1.27. The molecule has 0 radical (unpaired) electrons. The predicted octanol–water partition coefficient (Wildman–Crippen LogP) is 3.52. The van der Waals surface area contributed by atoms with Gasteiger partial charge < -0.3 is 19.8 Å². The predicted molar refractivity (Wildman–Crippen MR) is 106 cm³/mol. The number of benzene rings is 1. The Hall–Kier alpha value is -1.70. The third-order valence-electron chi connectivity index (χ3n) is 3.92. The lowest BCUT2D eigenvalue weighted by Crippen LogP contribution is -2.40. The Balaban J connectivity index is 0.00000208. The van der Waals surface area contributed by atoms with Gasteiger partial charge in [0.2, 0.25) is 0 Å². The van der Waals surface area contributed by atoms with E-state index < -0.39 is 0 Å². The molecule has 0 saturated carbocycles. The first kappa shape index (κ1) is 18.6. The molecule has 0 aliphatic carbocycles. The molecule has 1 atom stereocenters. The maximum atomic E-state index is 5.72. The fraction of sp³-hybridized carbons (Fsp3) is 0.389. The largest absolute Gasteiger partial charge is 0.493 e. The Kier molecular flexibility index (Phi) is 7.42. The number of hydrogen-bond acceptors (Lipinski definition) is 3. The van der Waals surface area contributed by atoms with Crippen LogP contribution in [0.3, 0.4) is 0 Å². The maximum Gasteiger partial charge on any atom is 0.191 e. The summed E-state index contributed by atoms with van der Waals surface area (Å²) < 4.78 is 11.0. The van der Waals surface area contributed by atoms with Crippen LogP contribution in [0.2, 0.25) is 0 Å². The van der Waals surface area contributed by atoms with Crippen molar-refractivity contribution in [2.45, 2.75) is 25.8 Å². The van der Waals surface area contributed by atoms with Crippen LogP contribution in [0.5, 0.6) is 5.75 Å². The average Bonchev–Trinajstić information content (AvgIpc) is 3.11. The summed E-state index contributed by atoms with van der Waals surface area (Å²) in [6.45, 7) is 5.03. The number of aliphatic imine (C=N–C) groups is 1. The third-order valence-corrected chi connectivity index (χ3v) is 3.92. The van der Waals surface area contributed by atoms with Crippen molar-refractivity contribution in [3.8, 4) is 5.75 Å². The number of ether oxygens (including phenoxy) is 1. The van der Waals surface area contributed by atoms with E-state index in [-0.39, 0.29) is 24.0 Å². The molecular weight excluding hydrogens is 417 g/mol. The molecule has 1 aromatic carbocycles. The van der Waals surface area contributed by atoms with Crippen molar-refractivity contribution < 1.29 is 9.15 Å². The molecule has 2 heterocycles. The summed E-state index contributed by atoms with van der Waals surface area (Å²) >= 11 is 0. The zero-order valence-corrected chi connectivity index (χ0v) is 16.2. The lowest BCUT2D eigenvalue weighted by atomic mass is 9.93. The first-order valence-electron chi connectivity index (χ1n) is 8.13. The number of furan rings is 1. The molecule has 1 aliphatic rings. The summed E-state index contributed by atoms with van der Waals surface area (Å²) in [5, 5.41) is 6.71. The molecule has 1 aliphatic heterocycles. The fourth-order valence-corrected chi connectivity index (χ4v) is 2.75. The normalized spacial score (nSPS) is 16.5. The molecule has 0 amide bonds. The van der Waals surface area contributed by atoms with Crippen LogP contribution in [0, 0.1) is 0 Å². The van der Waals surface area contributed by atoms with Gasteiger partial charge in [-0.2, -0.15) is 0 Å². The van der Waals surface area contributed by atoms with Crippen molar-refractivity contribution in [2.24, 2.45) is 4.99 Å². The van der Waals surface area contributed by atoms with Crippen LogP contribution in [0.15, 0.2) is 52.1 Å². The zero-order chi connectivity index (χ0) is 15.9. The molecule has 5 nitrogen and oxygen atoms in total. The topological polar surface area (TPSA) is 58.8 Å². The number of hydrogen-bond donors (Lipinski definition) is 2. The smallest absolute Gasteiger partial charge is 0.191 e. The molecule has 6 heteroatoms. The van der Waals surface area contributed by atoms with Gasteiger partial charge in [0.1, 0.15) is 18.1 Å². The Morgan fingerprint density at radius 1 is 1.21 bits per heavy atom. The van der Waals surface area contributed by atoms with E-state index >= 15 is 0 Å². The molecule has 2 N–H and O–H groups in total. The van der Waals surface area contributed by atoms with Crippen LogP contribution in [0.4, 0.5) is 0 Å². The van der Waals surface area contributed by atoms with E-state index in [4.69, 9.17) is 9.15 Å². The SMILES string of the molecule is CCNC(=NCc1ccco1)NCC1CCOc2ccccc21.I. The number of halogens is 1. The quantitative estimate of drug-likeness (QED) is 0.424. The number of nitrogens with one attached hydrogen (secondary N) is 2. The molecule has 0 bridgehead atoms. The maximum absolute atomic E-state index is 5.72. The van der Waals surface area contributed by atoms with Crippen molar-refractivity contribution >= 4 is 29.9 Å². The van der Waals surface area contributed by atoms with Gasteiger partial charge >= 0.3 is 0 Å². The highest BCUT2D eigenvalue weighted by Crippen LogP contribution is 2.32. The highest BCUT2D eigenvalue weighted by atomic mass is 127. The van der Waals surface area contributed by atoms with Crippen molar-refractivity contribution in [1.82, 2.24) is 10.6 Å². The monoisotopic (exact) mass is 441 g/mol. The fourth-order valence-electron chi connectivity index (χ4n) is 2.75. The molecule has 1 unspecified atom stereocenters. The van der Waals surface area contributed by atoms with E-state index in [1.807, 2.05) is 24.3 Å². The lowest BCUT2D eigenvalue weighted by molar-refractivity contribution is 0.267. The number of fused-ring (bicyclic) bond motifs is 1. The van der Waals surface area contributed by atoms with E-state index in [9.17, 15) is 0 Å². The first-order chi connectivity index (χ1) is 11.4. The number of para-hydroxylation sites is 1. The molecule has 3 rings (SSSR count). The van der Waals surface area contributed by atoms with Crippen LogP contribution in [-0.2, 0) is 6.54 Å². The molecule has 0 spiro atoms. The Bertz CT molecular complexity index is 643. The van der Waals surface area contributed by atoms with Gasteiger partial charge in [-0.15, -0.1) is 24.0 Å². The van der Waals surface area contributed by atoms with Gasteiger partial charge in [0.05, 0.1) is 12.9 Å². The van der Waals surface area contributed by atoms with E-state index in [2.05, 4.69) is 34.7 Å². The molecule has 130 valence electrons. The molecule has 1 aromatic heterocycles. The highest BCUT2D eigenvalue weighted by molar-refractivity contribution is 14.0. The molecule has 24 heavy (non-hydrogen) atoms. The van der Waals surface area contributed by atoms with Gasteiger partial charge in [0.25, 0.3) is 0 Å². The standard InChI is InChI=1S/C18H23N3O2.HI/c1-2-19-18(21-13-15-6-5-10-22-15)20-12-14-9-11-23-17-8-4-3-7-16(14)17;/h3-8,10,14H,2,9,11-13H2,1H3,(H2,19,20,21);1H. The van der Waals surface area contributed by atoms with Crippen LogP contribution in [-0.4, -0.2) is 25.7 Å². The Morgan fingerprint density at radius 3 is 2.88 bits per heavy atom. The number of nitrogens with zero attached hydrogens (tertiary/aromatic N) is 1. The minimum atomic E-state index is 0. The van der Waals surface area contributed by atoms with Crippen LogP contribution >= 0.6 is 24.0 Å². The summed E-state index contributed by atoms with van der Waals surface area (Å²) in [7, 11) is 0. The van der Waals surface area contributed by atoms with E-state index in [0.717, 1.165) is 43.6 Å². The zero-order valence-electron chi connectivity index (χ0n) is 13.8. The van der Waals surface area contributed by atoms with E-state index in [0.29, 0.717) is 12.5 Å². The van der Waals surface area contributed by atoms with E-state index in [1.165, 1.54) is 5.56 Å². The summed E-state index contributed by atoms with van der Waals surface area (Å²) in [6, 6.07) is 12.1. The number of guanidine groups is 1. The van der Waals surface area contributed by atoms with Gasteiger partial charge in [-0.05, 0) is 37.1 Å². The van der Waals surface area contributed by atoms with Gasteiger partial charge in [-0.25, -0.2) is 4.99 Å². The van der Waals surface area contributed by atoms with Crippen molar-refractivity contribution in [3.63, 3.8) is 0 Å². The van der Waals surface area contributed by atoms with Gasteiger partial charge in [-0.1, -0.05) is 18.2 Å². The molecule has 0 saturated heterocycles. The minimum absolute atomic E-state index is 0. The van der Waals surface area contributed by atoms with E-state index in [1.54, 1.807) is 6.26 Å². The highest BCUT2D eigenvalue weighted by Gasteiger charge is 2.21. The van der Waals surface area contributed by atoms with Gasteiger partial charge in [-0.3, -0.25) is 0 Å². The van der Waals surface area contributed by atoms with Crippen LogP contribution < -0.4 is 15.4 Å². The van der Waals surface area contributed by atoms with Crippen molar-refractivity contribution in [1.29, 1.82) is 0 Å². The van der Waals surface area contributed by atoms with Gasteiger partial charge in [0, 0.05) is 19.0 Å². The Labute approximate surface area is 159 Å². The molecule has 2 aromatic rings. The summed E-state index contributed by atoms with van der Waals surface area (Å²) in [4.78, 5) is 4.57. The second-order valence-corrected chi connectivity index (χ2v) is 5.53. The van der Waals surface area contributed by atoms with Crippen molar-refractivity contribution in [3.05, 3.63) is 54.0 Å². The second-order valence-electron chi connectivity index (χ2n) is 5.53. The summed E-state index contributed by atoms with van der Waals surface area (Å²) in [6.07, 6.45) is 2.69. The minimum Gasteiger partial charge on any atom is -0.493 e. The number of rotatable bonds is 5. The molecular formula is C18H24IN3O2. The Morgan fingerprint density at radius 2 is 2.08 bits per heavy atom. The lowest BCUT2D eigenvalue weighted by Gasteiger charge is -2.26.